The lowest BCUT2D eigenvalue weighted by atomic mass is 10.2. The molecule has 0 saturated carbocycles. The molecule has 1 aromatic carbocycles. The minimum atomic E-state index is 0.0291. The Hall–Kier alpha value is -1.14. The Morgan fingerprint density at radius 1 is 1.47 bits per heavy atom. The van der Waals surface area contributed by atoms with Crippen LogP contribution in [-0.2, 0) is 6.54 Å². The number of rotatable bonds is 6. The summed E-state index contributed by atoms with van der Waals surface area (Å²) in [5, 5.41) is 0.456. The first kappa shape index (κ1) is 13.9. The molecule has 17 heavy (non-hydrogen) atoms. The summed E-state index contributed by atoms with van der Waals surface area (Å²) in [4.78, 5) is 3.86. The van der Waals surface area contributed by atoms with Gasteiger partial charge in [-0.25, -0.2) is 4.99 Å². The van der Waals surface area contributed by atoms with Crippen molar-refractivity contribution in [3.8, 4) is 5.75 Å². The van der Waals surface area contributed by atoms with Crippen molar-refractivity contribution in [2.45, 2.75) is 6.54 Å². The van der Waals surface area contributed by atoms with Crippen LogP contribution in [0.2, 0.25) is 5.02 Å². The average Bonchev–Trinajstić information content (AvgIpc) is 2.29. The van der Waals surface area contributed by atoms with E-state index in [-0.39, 0.29) is 30.5 Å². The summed E-state index contributed by atoms with van der Waals surface area (Å²) in [5.41, 5.74) is 11.3. The fourth-order valence-corrected chi connectivity index (χ4v) is 1.53. The lowest BCUT2D eigenvalue weighted by Crippen LogP contribution is -2.22. The van der Waals surface area contributed by atoms with Gasteiger partial charge in [0.1, 0.15) is 5.75 Å². The van der Waals surface area contributed by atoms with Gasteiger partial charge in [-0.15, -0.1) is 0 Å². The first-order valence-electron chi connectivity index (χ1n) is 4.83. The summed E-state index contributed by atoms with van der Waals surface area (Å²) in [6, 6.07) is 5.23. The van der Waals surface area contributed by atoms with Crippen molar-refractivity contribution in [2.24, 2.45) is 16.5 Å². The lowest BCUT2D eigenvalue weighted by Gasteiger charge is -2.07. The molecule has 0 bridgehead atoms. The molecule has 0 aromatic heterocycles. The zero-order valence-corrected chi connectivity index (χ0v) is 10.6. The number of hydrogen-bond donors (Lipinski definition) is 2. The molecule has 1 rings (SSSR count). The van der Waals surface area contributed by atoms with Crippen molar-refractivity contribution in [3.63, 3.8) is 0 Å². The SMILES string of the molecule is NC(N)=NCc1ccc(OCCSF)c(Cl)c1. The number of halogens is 2. The highest BCUT2D eigenvalue weighted by Crippen LogP contribution is 2.25. The third-order valence-electron chi connectivity index (χ3n) is 1.86. The van der Waals surface area contributed by atoms with Gasteiger partial charge >= 0.3 is 0 Å². The van der Waals surface area contributed by atoms with Crippen LogP contribution < -0.4 is 16.2 Å². The standard InChI is InChI=1S/C10H13ClFN3OS/c11-8-5-7(6-15-10(13)14)1-2-9(8)16-3-4-17-12/h1-2,5H,3-4,6H2,(H4,13,14,15). The van der Waals surface area contributed by atoms with Crippen LogP contribution in [0.4, 0.5) is 3.89 Å². The molecule has 7 heteroatoms. The molecule has 1 aromatic rings. The van der Waals surface area contributed by atoms with Crippen LogP contribution >= 0.6 is 23.7 Å². The van der Waals surface area contributed by atoms with Crippen molar-refractivity contribution >= 4 is 29.7 Å². The Balaban J connectivity index is 2.62. The quantitative estimate of drug-likeness (QED) is 0.474. The molecule has 0 aliphatic heterocycles. The molecule has 94 valence electrons. The summed E-state index contributed by atoms with van der Waals surface area (Å²) in [6.07, 6.45) is 0. The zero-order chi connectivity index (χ0) is 12.7. The Bertz CT molecular complexity index is 399. The second-order valence-electron chi connectivity index (χ2n) is 3.17. The topological polar surface area (TPSA) is 73.6 Å². The molecule has 0 radical (unpaired) electrons. The number of nitrogens with two attached hydrogens (primary N) is 2. The van der Waals surface area contributed by atoms with Crippen LogP contribution in [0.25, 0.3) is 0 Å². The summed E-state index contributed by atoms with van der Waals surface area (Å²) >= 11 is 6.21. The van der Waals surface area contributed by atoms with E-state index in [0.29, 0.717) is 17.3 Å². The molecule has 4 N–H and O–H groups in total. The minimum Gasteiger partial charge on any atom is -0.491 e. The zero-order valence-electron chi connectivity index (χ0n) is 9.03. The van der Waals surface area contributed by atoms with Gasteiger partial charge in [-0.2, -0.15) is 3.89 Å². The molecule has 0 amide bonds. The predicted octanol–water partition coefficient (Wildman–Crippen LogP) is 2.11. The van der Waals surface area contributed by atoms with E-state index in [1.165, 1.54) is 0 Å². The van der Waals surface area contributed by atoms with Crippen molar-refractivity contribution in [1.29, 1.82) is 0 Å². The maximum atomic E-state index is 11.8. The van der Waals surface area contributed by atoms with Crippen LogP contribution in [-0.4, -0.2) is 18.3 Å². The normalized spacial score (nSPS) is 10.0. The fraction of sp³-hybridized carbons (Fsp3) is 0.300. The molecule has 0 fully saturated rings. The van der Waals surface area contributed by atoms with Gasteiger partial charge in [-0.1, -0.05) is 17.7 Å². The van der Waals surface area contributed by atoms with E-state index in [1.807, 2.05) is 0 Å². The highest BCUT2D eigenvalue weighted by Gasteiger charge is 2.03. The highest BCUT2D eigenvalue weighted by molar-refractivity contribution is 7.94. The van der Waals surface area contributed by atoms with Crippen LogP contribution in [0.15, 0.2) is 23.2 Å². The minimum absolute atomic E-state index is 0.0291. The van der Waals surface area contributed by atoms with Crippen molar-refractivity contribution < 1.29 is 8.62 Å². The molecule has 0 spiro atoms. The number of nitrogens with zero attached hydrogens (tertiary/aromatic N) is 1. The first-order valence-corrected chi connectivity index (χ1v) is 6.10. The summed E-state index contributed by atoms with van der Waals surface area (Å²) in [5.74, 6) is 0.821. The first-order chi connectivity index (χ1) is 8.13. The summed E-state index contributed by atoms with van der Waals surface area (Å²) in [7, 11) is 0. The summed E-state index contributed by atoms with van der Waals surface area (Å²) in [6.45, 7) is 0.636. The van der Waals surface area contributed by atoms with E-state index < -0.39 is 0 Å². The molecule has 4 nitrogen and oxygen atoms in total. The van der Waals surface area contributed by atoms with E-state index in [0.717, 1.165) is 5.56 Å². The van der Waals surface area contributed by atoms with Crippen LogP contribution in [0.5, 0.6) is 5.75 Å². The average molecular weight is 278 g/mol. The fourth-order valence-electron chi connectivity index (χ4n) is 1.13. The number of aliphatic imine (C=N–C) groups is 1. The van der Waals surface area contributed by atoms with Crippen molar-refractivity contribution in [3.05, 3.63) is 28.8 Å². The number of hydrogen-bond acceptors (Lipinski definition) is 3. The van der Waals surface area contributed by atoms with Crippen LogP contribution in [0, 0.1) is 0 Å². The Kier molecular flexibility index (Phi) is 5.93. The Labute approximate surface area is 108 Å². The van der Waals surface area contributed by atoms with E-state index in [4.69, 9.17) is 27.8 Å². The maximum Gasteiger partial charge on any atom is 0.186 e. The molecule has 0 heterocycles. The second kappa shape index (κ2) is 7.24. The molecular weight excluding hydrogens is 265 g/mol. The van der Waals surface area contributed by atoms with E-state index in [2.05, 4.69) is 4.99 Å². The predicted molar refractivity (Wildman–Crippen MR) is 70.0 cm³/mol. The van der Waals surface area contributed by atoms with Gasteiger partial charge in [-0.05, 0) is 17.7 Å². The van der Waals surface area contributed by atoms with Gasteiger partial charge in [0.05, 0.1) is 23.9 Å². The van der Waals surface area contributed by atoms with Gasteiger partial charge in [-0.3, -0.25) is 0 Å². The molecule has 0 aliphatic rings. The lowest BCUT2D eigenvalue weighted by molar-refractivity contribution is 0.343. The second-order valence-corrected chi connectivity index (χ2v) is 4.20. The van der Waals surface area contributed by atoms with Gasteiger partial charge in [0.25, 0.3) is 0 Å². The number of ether oxygens (including phenoxy) is 1. The Morgan fingerprint density at radius 3 is 2.82 bits per heavy atom. The Morgan fingerprint density at radius 2 is 2.24 bits per heavy atom. The van der Waals surface area contributed by atoms with E-state index >= 15 is 0 Å². The van der Waals surface area contributed by atoms with Crippen molar-refractivity contribution in [1.82, 2.24) is 0 Å². The molecule has 0 unspecified atom stereocenters. The number of benzene rings is 1. The monoisotopic (exact) mass is 277 g/mol. The third kappa shape index (κ3) is 5.14. The van der Waals surface area contributed by atoms with Gasteiger partial charge < -0.3 is 16.2 Å². The maximum absolute atomic E-state index is 11.8. The highest BCUT2D eigenvalue weighted by atomic mass is 35.5. The van der Waals surface area contributed by atoms with Crippen molar-refractivity contribution in [2.75, 3.05) is 12.4 Å². The largest absolute Gasteiger partial charge is 0.491 e. The summed E-state index contributed by atoms with van der Waals surface area (Å²) < 4.78 is 17.1. The van der Waals surface area contributed by atoms with Gasteiger partial charge in [0, 0.05) is 12.1 Å². The van der Waals surface area contributed by atoms with E-state index in [9.17, 15) is 3.89 Å². The molecule has 0 aliphatic carbocycles. The number of guanidine groups is 1. The van der Waals surface area contributed by atoms with Gasteiger partial charge in [0.15, 0.2) is 5.96 Å². The molecule has 0 saturated heterocycles. The van der Waals surface area contributed by atoms with Crippen LogP contribution in [0.1, 0.15) is 5.56 Å². The molecule has 0 atom stereocenters. The third-order valence-corrected chi connectivity index (χ3v) is 2.47. The smallest absolute Gasteiger partial charge is 0.186 e. The van der Waals surface area contributed by atoms with Crippen LogP contribution in [0.3, 0.4) is 0 Å². The van der Waals surface area contributed by atoms with Gasteiger partial charge in [0.2, 0.25) is 0 Å². The molecular formula is C10H13ClFN3OS. The van der Waals surface area contributed by atoms with E-state index in [1.54, 1.807) is 18.2 Å².